The minimum Gasteiger partial charge on any atom is -0.0795 e. The van der Waals surface area contributed by atoms with Crippen LogP contribution in [-0.2, 0) is 11.8 Å². The lowest BCUT2D eigenvalue weighted by Crippen LogP contribution is -2.15. The first-order valence-electron chi connectivity index (χ1n) is 10.7. The zero-order valence-electron chi connectivity index (χ0n) is 16.8. The van der Waals surface area contributed by atoms with Gasteiger partial charge in [0, 0.05) is 5.41 Å². The van der Waals surface area contributed by atoms with Gasteiger partial charge < -0.3 is 0 Å². The van der Waals surface area contributed by atoms with Gasteiger partial charge in [-0.3, -0.25) is 0 Å². The van der Waals surface area contributed by atoms with Crippen molar-refractivity contribution in [2.75, 3.05) is 0 Å². The second-order valence-corrected chi connectivity index (χ2v) is 9.32. The quantitative estimate of drug-likeness (QED) is 0.298. The Labute approximate surface area is 171 Å². The molecule has 0 nitrogen and oxygen atoms in total. The normalized spacial score (nSPS) is 17.4. The Morgan fingerprint density at radius 2 is 1.55 bits per heavy atom. The van der Waals surface area contributed by atoms with E-state index in [9.17, 15) is 0 Å². The van der Waals surface area contributed by atoms with E-state index in [-0.39, 0.29) is 5.41 Å². The maximum absolute atomic E-state index is 2.49. The molecule has 0 unspecified atom stereocenters. The maximum Gasteiger partial charge on any atom is 0.0159 e. The summed E-state index contributed by atoms with van der Waals surface area (Å²) in [5, 5.41) is 5.59. The molecule has 29 heavy (non-hydrogen) atoms. The van der Waals surface area contributed by atoms with E-state index in [0.717, 1.165) is 12.8 Å². The summed E-state index contributed by atoms with van der Waals surface area (Å²) < 4.78 is 0. The fourth-order valence-electron chi connectivity index (χ4n) is 6.02. The van der Waals surface area contributed by atoms with E-state index in [0.29, 0.717) is 0 Å². The molecule has 0 heterocycles. The molecule has 0 atom stereocenters. The van der Waals surface area contributed by atoms with Crippen LogP contribution in [0, 0.1) is 0 Å². The highest BCUT2D eigenvalue weighted by Gasteiger charge is 2.38. The smallest absolute Gasteiger partial charge is 0.0159 e. The van der Waals surface area contributed by atoms with Gasteiger partial charge in [-0.25, -0.2) is 0 Å². The molecule has 0 spiro atoms. The van der Waals surface area contributed by atoms with E-state index in [1.807, 2.05) is 0 Å². The van der Waals surface area contributed by atoms with Crippen LogP contribution in [0.15, 0.2) is 66.7 Å². The molecule has 0 saturated carbocycles. The molecule has 3 aliphatic carbocycles. The van der Waals surface area contributed by atoms with Crippen molar-refractivity contribution in [3.8, 4) is 11.1 Å². The van der Waals surface area contributed by atoms with E-state index in [1.54, 1.807) is 0 Å². The van der Waals surface area contributed by atoms with Crippen LogP contribution in [0.1, 0.15) is 48.1 Å². The van der Waals surface area contributed by atoms with Gasteiger partial charge in [0.2, 0.25) is 0 Å². The zero-order valence-corrected chi connectivity index (χ0v) is 16.8. The molecular formula is C29H22. The van der Waals surface area contributed by atoms with Crippen molar-refractivity contribution in [2.24, 2.45) is 0 Å². The van der Waals surface area contributed by atoms with Crippen molar-refractivity contribution >= 4 is 33.2 Å². The molecule has 0 fully saturated rings. The monoisotopic (exact) mass is 370 g/mol. The van der Waals surface area contributed by atoms with Crippen LogP contribution in [0.3, 0.4) is 0 Å². The first-order valence-corrected chi connectivity index (χ1v) is 10.7. The number of hydrogen-bond donors (Lipinski definition) is 0. The Kier molecular flexibility index (Phi) is 2.76. The molecule has 0 saturated heterocycles. The second-order valence-electron chi connectivity index (χ2n) is 9.32. The van der Waals surface area contributed by atoms with Gasteiger partial charge in [-0.1, -0.05) is 68.5 Å². The molecule has 0 aliphatic heterocycles. The number of fused-ring (bicyclic) bond motifs is 5. The molecule has 0 heteroatoms. The first kappa shape index (κ1) is 15.8. The van der Waals surface area contributed by atoms with Crippen molar-refractivity contribution in [3.63, 3.8) is 0 Å². The highest BCUT2D eigenvalue weighted by molar-refractivity contribution is 6.08. The minimum atomic E-state index is 0.0270. The predicted molar refractivity (Wildman–Crippen MR) is 124 cm³/mol. The molecular weight excluding hydrogens is 348 g/mol. The number of benzene rings is 4. The van der Waals surface area contributed by atoms with Crippen LogP contribution < -0.4 is 0 Å². The molecule has 138 valence electrons. The molecule has 0 amide bonds. The summed E-state index contributed by atoms with van der Waals surface area (Å²) >= 11 is 0. The Hall–Kier alpha value is -3.12. The van der Waals surface area contributed by atoms with E-state index in [1.165, 1.54) is 66.1 Å². The second kappa shape index (κ2) is 5.07. The predicted octanol–water partition coefficient (Wildman–Crippen LogP) is 7.66. The standard InChI is InChI=1S/C29H22/c1-29(2)24-15-20-7-4-3-6-19(20)14-23(24)28-22-13-12-18-9-5-8-17-10-11-21(16-25(28)29)27(22)26(17)18/h3-8,10-12,14-16H,9,13H2,1-2H3. The van der Waals surface area contributed by atoms with Gasteiger partial charge in [0.15, 0.2) is 0 Å². The van der Waals surface area contributed by atoms with Crippen LogP contribution in [0.2, 0.25) is 0 Å². The molecule has 0 bridgehead atoms. The Balaban J connectivity index is 1.67. The van der Waals surface area contributed by atoms with Gasteiger partial charge in [-0.05, 0) is 97.1 Å². The largest absolute Gasteiger partial charge is 0.0795 e. The summed E-state index contributed by atoms with van der Waals surface area (Å²) in [5.41, 5.74) is 11.9. The van der Waals surface area contributed by atoms with Gasteiger partial charge in [0.1, 0.15) is 0 Å². The lowest BCUT2D eigenvalue weighted by molar-refractivity contribution is 0.661. The third-order valence-electron chi connectivity index (χ3n) is 7.45. The van der Waals surface area contributed by atoms with Crippen molar-refractivity contribution in [3.05, 3.63) is 94.6 Å². The lowest BCUT2D eigenvalue weighted by Gasteiger charge is -2.27. The SMILES string of the molecule is CC1(C)c2cc3ccccc3cc2-c2c1cc1ccc3c4c1c2CC=C4CC=C3. The molecule has 0 radical (unpaired) electrons. The summed E-state index contributed by atoms with van der Waals surface area (Å²) in [6.45, 7) is 4.80. The number of allylic oxidation sites excluding steroid dienone is 3. The summed E-state index contributed by atoms with van der Waals surface area (Å²) in [4.78, 5) is 0. The van der Waals surface area contributed by atoms with Crippen LogP contribution >= 0.6 is 0 Å². The Bertz CT molecular complexity index is 1460. The Morgan fingerprint density at radius 3 is 2.41 bits per heavy atom. The molecule has 0 N–H and O–H groups in total. The van der Waals surface area contributed by atoms with E-state index in [2.05, 4.69) is 86.7 Å². The van der Waals surface area contributed by atoms with Crippen molar-refractivity contribution in [2.45, 2.75) is 32.1 Å². The summed E-state index contributed by atoms with van der Waals surface area (Å²) in [5.74, 6) is 0. The van der Waals surface area contributed by atoms with Crippen LogP contribution in [-0.4, -0.2) is 0 Å². The van der Waals surface area contributed by atoms with Gasteiger partial charge in [-0.2, -0.15) is 0 Å². The summed E-state index contributed by atoms with van der Waals surface area (Å²) in [6, 6.07) is 20.8. The van der Waals surface area contributed by atoms with Crippen LogP contribution in [0.5, 0.6) is 0 Å². The highest BCUT2D eigenvalue weighted by atomic mass is 14.4. The summed E-state index contributed by atoms with van der Waals surface area (Å²) in [7, 11) is 0. The maximum atomic E-state index is 2.49. The fourth-order valence-corrected chi connectivity index (χ4v) is 6.02. The Morgan fingerprint density at radius 1 is 0.759 bits per heavy atom. The molecule has 3 aliphatic rings. The molecule has 4 aromatic carbocycles. The van der Waals surface area contributed by atoms with Crippen LogP contribution in [0.4, 0.5) is 0 Å². The third kappa shape index (κ3) is 1.85. The van der Waals surface area contributed by atoms with E-state index in [4.69, 9.17) is 0 Å². The van der Waals surface area contributed by atoms with Crippen molar-refractivity contribution in [1.82, 2.24) is 0 Å². The molecule has 0 aromatic heterocycles. The first-order chi connectivity index (χ1) is 14.1. The van der Waals surface area contributed by atoms with Gasteiger partial charge in [-0.15, -0.1) is 0 Å². The third-order valence-corrected chi connectivity index (χ3v) is 7.45. The minimum absolute atomic E-state index is 0.0270. The zero-order chi connectivity index (χ0) is 19.3. The number of hydrogen-bond acceptors (Lipinski definition) is 0. The van der Waals surface area contributed by atoms with Crippen LogP contribution in [0.25, 0.3) is 44.3 Å². The average molecular weight is 370 g/mol. The molecule has 4 aromatic rings. The highest BCUT2D eigenvalue weighted by Crippen LogP contribution is 2.55. The van der Waals surface area contributed by atoms with Crippen molar-refractivity contribution < 1.29 is 0 Å². The van der Waals surface area contributed by atoms with E-state index < -0.39 is 0 Å². The van der Waals surface area contributed by atoms with Gasteiger partial charge >= 0.3 is 0 Å². The average Bonchev–Trinajstić information content (AvgIpc) is 2.97. The fraction of sp³-hybridized carbons (Fsp3) is 0.172. The lowest BCUT2D eigenvalue weighted by atomic mass is 9.76. The van der Waals surface area contributed by atoms with Gasteiger partial charge in [0.05, 0.1) is 0 Å². The molecule has 7 rings (SSSR count). The van der Waals surface area contributed by atoms with E-state index >= 15 is 0 Å². The number of rotatable bonds is 0. The van der Waals surface area contributed by atoms with Crippen molar-refractivity contribution in [1.29, 1.82) is 0 Å². The van der Waals surface area contributed by atoms with Gasteiger partial charge in [0.25, 0.3) is 0 Å². The summed E-state index contributed by atoms with van der Waals surface area (Å²) in [6.07, 6.45) is 9.20. The topological polar surface area (TPSA) is 0 Å².